The number of imidazole rings is 1. The number of nitrogens with zero attached hydrogens (tertiary/aromatic N) is 2. The van der Waals surface area contributed by atoms with Gasteiger partial charge < -0.3 is 10.1 Å². The molecule has 1 N–H and O–H groups in total. The van der Waals surface area contributed by atoms with E-state index in [4.69, 9.17) is 0 Å². The first-order valence-corrected chi connectivity index (χ1v) is 9.42. The normalized spacial score (nSPS) is 11.6. The van der Waals surface area contributed by atoms with Crippen molar-refractivity contribution < 1.29 is 22.7 Å². The lowest BCUT2D eigenvalue weighted by atomic mass is 10.2. The Bertz CT molecular complexity index is 1150. The monoisotopic (exact) mass is 417 g/mol. The van der Waals surface area contributed by atoms with Gasteiger partial charge in [0.05, 0.1) is 12.1 Å². The average molecular weight is 417 g/mol. The molecular weight excluding hydrogens is 403 g/mol. The van der Waals surface area contributed by atoms with E-state index < -0.39 is 12.1 Å². The SMILES string of the molecule is O=C(Cc1csc2nc(-c3ccccc3)cn12)Nc1cccc(OC(F)(F)F)c1. The van der Waals surface area contributed by atoms with Crippen molar-refractivity contribution in [1.82, 2.24) is 9.38 Å². The lowest BCUT2D eigenvalue weighted by Crippen LogP contribution is -2.18. The van der Waals surface area contributed by atoms with Crippen molar-refractivity contribution in [3.8, 4) is 17.0 Å². The number of hydrogen-bond donors (Lipinski definition) is 1. The van der Waals surface area contributed by atoms with Gasteiger partial charge in [-0.25, -0.2) is 4.98 Å². The van der Waals surface area contributed by atoms with Gasteiger partial charge in [-0.05, 0) is 12.1 Å². The predicted molar refractivity (Wildman–Crippen MR) is 104 cm³/mol. The predicted octanol–water partition coefficient (Wildman–Crippen LogP) is 5.14. The van der Waals surface area contributed by atoms with Crippen molar-refractivity contribution in [2.24, 2.45) is 0 Å². The van der Waals surface area contributed by atoms with E-state index in [-0.39, 0.29) is 18.0 Å². The van der Waals surface area contributed by atoms with Gasteiger partial charge >= 0.3 is 6.36 Å². The van der Waals surface area contributed by atoms with Crippen LogP contribution in [0.4, 0.5) is 18.9 Å². The van der Waals surface area contributed by atoms with Crippen LogP contribution in [0.3, 0.4) is 0 Å². The Morgan fingerprint density at radius 2 is 1.93 bits per heavy atom. The largest absolute Gasteiger partial charge is 0.573 e. The molecule has 1 amide bonds. The molecule has 2 heterocycles. The smallest absolute Gasteiger partial charge is 0.406 e. The first-order chi connectivity index (χ1) is 13.9. The van der Waals surface area contributed by atoms with Crippen LogP contribution in [-0.2, 0) is 11.2 Å². The number of carbonyl (C=O) groups excluding carboxylic acids is 1. The van der Waals surface area contributed by atoms with E-state index in [0.29, 0.717) is 0 Å². The summed E-state index contributed by atoms with van der Waals surface area (Å²) in [5, 5.41) is 4.43. The maximum atomic E-state index is 12.4. The molecule has 29 heavy (non-hydrogen) atoms. The van der Waals surface area contributed by atoms with E-state index in [2.05, 4.69) is 15.0 Å². The second-order valence-corrected chi connectivity index (χ2v) is 7.01. The molecule has 0 unspecified atom stereocenters. The van der Waals surface area contributed by atoms with Crippen molar-refractivity contribution in [2.75, 3.05) is 5.32 Å². The molecule has 0 atom stereocenters. The number of anilines is 1. The number of nitrogens with one attached hydrogen (secondary N) is 1. The Labute approximate surface area is 167 Å². The van der Waals surface area contributed by atoms with E-state index in [9.17, 15) is 18.0 Å². The molecule has 0 saturated carbocycles. The quantitative estimate of drug-likeness (QED) is 0.489. The standard InChI is InChI=1S/C20H14F3N3O2S/c21-20(22,23)28-16-8-4-7-14(9-16)24-18(27)10-15-12-29-19-25-17(11-26(15)19)13-5-2-1-3-6-13/h1-9,11-12H,10H2,(H,24,27). The summed E-state index contributed by atoms with van der Waals surface area (Å²) in [4.78, 5) is 17.7. The summed E-state index contributed by atoms with van der Waals surface area (Å²) in [6, 6.07) is 14.8. The van der Waals surface area contributed by atoms with Gasteiger partial charge in [0.15, 0.2) is 4.96 Å². The number of fused-ring (bicyclic) bond motifs is 1. The summed E-state index contributed by atoms with van der Waals surface area (Å²) in [7, 11) is 0. The van der Waals surface area contributed by atoms with E-state index in [1.54, 1.807) is 0 Å². The molecule has 0 aliphatic heterocycles. The number of rotatable bonds is 5. The number of thiazole rings is 1. The van der Waals surface area contributed by atoms with Crippen molar-refractivity contribution in [3.63, 3.8) is 0 Å². The number of carbonyl (C=O) groups is 1. The van der Waals surface area contributed by atoms with Gasteiger partial charge in [0, 0.05) is 34.6 Å². The van der Waals surface area contributed by atoms with Gasteiger partial charge in [-0.3, -0.25) is 9.20 Å². The maximum Gasteiger partial charge on any atom is 0.573 e. The van der Waals surface area contributed by atoms with Crippen LogP contribution in [0.1, 0.15) is 5.69 Å². The number of alkyl halides is 3. The number of halogens is 3. The molecule has 148 valence electrons. The molecular formula is C20H14F3N3O2S. The van der Waals surface area contributed by atoms with Gasteiger partial charge in [0.25, 0.3) is 0 Å². The molecule has 0 aliphatic rings. The minimum atomic E-state index is -4.79. The fourth-order valence-electron chi connectivity index (χ4n) is 2.85. The highest BCUT2D eigenvalue weighted by atomic mass is 32.1. The van der Waals surface area contributed by atoms with E-state index in [1.165, 1.54) is 29.5 Å². The first kappa shape index (κ1) is 19.0. The third kappa shape index (κ3) is 4.57. The minimum Gasteiger partial charge on any atom is -0.406 e. The summed E-state index contributed by atoms with van der Waals surface area (Å²) < 4.78 is 42.7. The third-order valence-corrected chi connectivity index (χ3v) is 4.93. The zero-order chi connectivity index (χ0) is 20.4. The number of ether oxygens (including phenoxy) is 1. The van der Waals surface area contributed by atoms with Crippen LogP contribution >= 0.6 is 11.3 Å². The van der Waals surface area contributed by atoms with Crippen LogP contribution in [0.15, 0.2) is 66.2 Å². The molecule has 2 aromatic carbocycles. The van der Waals surface area contributed by atoms with Gasteiger partial charge in [0.1, 0.15) is 5.75 Å². The summed E-state index contributed by atoms with van der Waals surface area (Å²) >= 11 is 1.41. The average Bonchev–Trinajstić information content (AvgIpc) is 3.23. The number of aromatic nitrogens is 2. The molecule has 5 nitrogen and oxygen atoms in total. The maximum absolute atomic E-state index is 12.4. The van der Waals surface area contributed by atoms with Gasteiger partial charge in [-0.15, -0.1) is 24.5 Å². The molecule has 0 fully saturated rings. The van der Waals surface area contributed by atoms with Crippen LogP contribution in [0.25, 0.3) is 16.2 Å². The molecule has 0 aliphatic carbocycles. The fourth-order valence-corrected chi connectivity index (χ4v) is 3.72. The van der Waals surface area contributed by atoms with Gasteiger partial charge in [0.2, 0.25) is 5.91 Å². The lowest BCUT2D eigenvalue weighted by molar-refractivity contribution is -0.274. The summed E-state index contributed by atoms with van der Waals surface area (Å²) in [5.74, 6) is -0.751. The first-order valence-electron chi connectivity index (χ1n) is 8.54. The molecule has 0 radical (unpaired) electrons. The lowest BCUT2D eigenvalue weighted by Gasteiger charge is -2.10. The summed E-state index contributed by atoms with van der Waals surface area (Å²) in [6.07, 6.45) is -2.88. The molecule has 2 aromatic heterocycles. The summed E-state index contributed by atoms with van der Waals surface area (Å²) in [5.41, 5.74) is 2.73. The zero-order valence-corrected chi connectivity index (χ0v) is 15.6. The highest BCUT2D eigenvalue weighted by Gasteiger charge is 2.31. The minimum absolute atomic E-state index is 0.0505. The molecule has 0 spiro atoms. The molecule has 4 rings (SSSR count). The van der Waals surface area contributed by atoms with E-state index in [1.807, 2.05) is 46.3 Å². The molecule has 9 heteroatoms. The summed E-state index contributed by atoms with van der Waals surface area (Å²) in [6.45, 7) is 0. The van der Waals surface area contributed by atoms with Crippen molar-refractivity contribution in [1.29, 1.82) is 0 Å². The van der Waals surface area contributed by atoms with E-state index in [0.717, 1.165) is 28.0 Å². The molecule has 0 saturated heterocycles. The third-order valence-electron chi connectivity index (χ3n) is 4.05. The van der Waals surface area contributed by atoms with Crippen molar-refractivity contribution >= 4 is 27.9 Å². The topological polar surface area (TPSA) is 55.6 Å². The van der Waals surface area contributed by atoms with Crippen molar-refractivity contribution in [2.45, 2.75) is 12.8 Å². The Kier molecular flexibility index (Phi) is 4.98. The number of benzene rings is 2. The van der Waals surface area contributed by atoms with Gasteiger partial charge in [-0.2, -0.15) is 0 Å². The number of hydrogen-bond acceptors (Lipinski definition) is 4. The van der Waals surface area contributed by atoms with Crippen LogP contribution < -0.4 is 10.1 Å². The Hall–Kier alpha value is -3.33. The zero-order valence-electron chi connectivity index (χ0n) is 14.8. The number of amides is 1. The van der Waals surface area contributed by atoms with Crippen molar-refractivity contribution in [3.05, 3.63) is 71.9 Å². The Morgan fingerprint density at radius 3 is 2.69 bits per heavy atom. The van der Waals surface area contributed by atoms with Crippen LogP contribution in [0, 0.1) is 0 Å². The molecule has 4 aromatic rings. The second kappa shape index (κ2) is 7.59. The highest BCUT2D eigenvalue weighted by Crippen LogP contribution is 2.26. The Morgan fingerprint density at radius 1 is 1.14 bits per heavy atom. The Balaban J connectivity index is 1.48. The second-order valence-electron chi connectivity index (χ2n) is 6.17. The van der Waals surface area contributed by atoms with Crippen LogP contribution in [0.2, 0.25) is 0 Å². The molecule has 0 bridgehead atoms. The van der Waals surface area contributed by atoms with E-state index >= 15 is 0 Å². The highest BCUT2D eigenvalue weighted by molar-refractivity contribution is 7.15. The van der Waals surface area contributed by atoms with Crippen LogP contribution in [-0.4, -0.2) is 21.7 Å². The van der Waals surface area contributed by atoms with Gasteiger partial charge in [-0.1, -0.05) is 36.4 Å². The fraction of sp³-hybridized carbons (Fsp3) is 0.100. The van der Waals surface area contributed by atoms with Crippen LogP contribution in [0.5, 0.6) is 5.75 Å².